The molecule has 0 aliphatic carbocycles. The van der Waals surface area contributed by atoms with Gasteiger partial charge in [0.2, 0.25) is 0 Å². The first-order valence-electron chi connectivity index (χ1n) is 9.94. The summed E-state index contributed by atoms with van der Waals surface area (Å²) < 4.78 is 0. The van der Waals surface area contributed by atoms with Gasteiger partial charge in [0.05, 0.1) is 11.7 Å². The van der Waals surface area contributed by atoms with Gasteiger partial charge in [-0.15, -0.1) is 0 Å². The van der Waals surface area contributed by atoms with Gasteiger partial charge in [-0.3, -0.25) is 4.90 Å². The van der Waals surface area contributed by atoms with Crippen molar-refractivity contribution in [1.29, 1.82) is 0 Å². The average molecular weight is 373 g/mol. The fourth-order valence-electron chi connectivity index (χ4n) is 4.35. The summed E-state index contributed by atoms with van der Waals surface area (Å²) in [5.74, 6) is -0.310. The van der Waals surface area contributed by atoms with E-state index < -0.39 is 11.7 Å². The minimum absolute atomic E-state index is 0.310. The number of nitrogens with zero attached hydrogens (tertiary/aromatic N) is 1. The molecule has 0 amide bonds. The van der Waals surface area contributed by atoms with Gasteiger partial charge < -0.3 is 10.2 Å². The molecule has 28 heavy (non-hydrogen) atoms. The van der Waals surface area contributed by atoms with Gasteiger partial charge in [-0.1, -0.05) is 91.0 Å². The van der Waals surface area contributed by atoms with E-state index in [1.54, 1.807) is 0 Å². The zero-order chi connectivity index (χ0) is 19.4. The Morgan fingerprint density at radius 1 is 0.857 bits per heavy atom. The molecule has 1 aliphatic heterocycles. The van der Waals surface area contributed by atoms with Gasteiger partial charge in [-0.05, 0) is 23.1 Å². The predicted molar refractivity (Wildman–Crippen MR) is 112 cm³/mol. The number of rotatable bonds is 5. The van der Waals surface area contributed by atoms with Crippen molar-refractivity contribution in [3.05, 3.63) is 108 Å². The number of hydrogen-bond donors (Lipinski definition) is 2. The van der Waals surface area contributed by atoms with Gasteiger partial charge in [0, 0.05) is 25.6 Å². The number of benzene rings is 3. The van der Waals surface area contributed by atoms with Crippen molar-refractivity contribution < 1.29 is 10.2 Å². The second-order valence-corrected chi connectivity index (χ2v) is 7.72. The lowest BCUT2D eigenvalue weighted by molar-refractivity contribution is -0.124. The third-order valence-electron chi connectivity index (χ3n) is 5.92. The van der Waals surface area contributed by atoms with Crippen molar-refractivity contribution in [3.8, 4) is 0 Å². The molecule has 0 bridgehead atoms. The molecule has 0 unspecified atom stereocenters. The SMILES string of the molecule is O[C@H](c1ccccc1)[C@H]1CN(Cc2ccccc2)CC[C@]1(O)c1ccccc1. The largest absolute Gasteiger partial charge is 0.388 e. The summed E-state index contributed by atoms with van der Waals surface area (Å²) in [5, 5.41) is 23.0. The molecule has 3 nitrogen and oxygen atoms in total. The first-order chi connectivity index (χ1) is 13.7. The van der Waals surface area contributed by atoms with Gasteiger partial charge in [0.15, 0.2) is 0 Å². The number of aliphatic hydroxyl groups excluding tert-OH is 1. The third kappa shape index (κ3) is 3.88. The van der Waals surface area contributed by atoms with Crippen molar-refractivity contribution in [2.24, 2.45) is 5.92 Å². The highest BCUT2D eigenvalue weighted by Gasteiger charge is 2.46. The quantitative estimate of drug-likeness (QED) is 0.707. The summed E-state index contributed by atoms with van der Waals surface area (Å²) in [6.07, 6.45) is -0.136. The Morgan fingerprint density at radius 2 is 1.43 bits per heavy atom. The molecule has 144 valence electrons. The minimum Gasteiger partial charge on any atom is -0.388 e. The average Bonchev–Trinajstić information content (AvgIpc) is 2.77. The predicted octanol–water partition coefficient (Wildman–Crippen LogP) is 4.13. The summed E-state index contributed by atoms with van der Waals surface area (Å²) in [4.78, 5) is 2.34. The zero-order valence-corrected chi connectivity index (χ0v) is 16.0. The first-order valence-corrected chi connectivity index (χ1v) is 9.94. The Labute approximate surface area is 166 Å². The van der Waals surface area contributed by atoms with Gasteiger partial charge in [0.1, 0.15) is 0 Å². The molecule has 3 aromatic carbocycles. The molecular weight excluding hydrogens is 346 g/mol. The van der Waals surface area contributed by atoms with Crippen molar-refractivity contribution in [1.82, 2.24) is 4.90 Å². The topological polar surface area (TPSA) is 43.7 Å². The van der Waals surface area contributed by atoms with E-state index in [1.165, 1.54) is 5.56 Å². The molecule has 4 rings (SSSR count). The lowest BCUT2D eigenvalue weighted by Gasteiger charge is -2.47. The first kappa shape index (κ1) is 18.9. The molecule has 1 heterocycles. The van der Waals surface area contributed by atoms with E-state index in [1.807, 2.05) is 66.7 Å². The van der Waals surface area contributed by atoms with Crippen molar-refractivity contribution in [2.75, 3.05) is 13.1 Å². The molecule has 0 aromatic heterocycles. The Morgan fingerprint density at radius 3 is 2.07 bits per heavy atom. The highest BCUT2D eigenvalue weighted by atomic mass is 16.3. The van der Waals surface area contributed by atoms with Crippen LogP contribution in [-0.4, -0.2) is 28.2 Å². The van der Waals surface area contributed by atoms with Crippen molar-refractivity contribution in [2.45, 2.75) is 24.7 Å². The number of likely N-dealkylation sites (tertiary alicyclic amines) is 1. The molecule has 1 fully saturated rings. The van der Waals surface area contributed by atoms with Gasteiger partial charge in [0.25, 0.3) is 0 Å². The van der Waals surface area contributed by atoms with E-state index in [0.717, 1.165) is 24.2 Å². The fraction of sp³-hybridized carbons (Fsp3) is 0.280. The lowest BCUT2D eigenvalue weighted by atomic mass is 9.72. The molecule has 2 N–H and O–H groups in total. The van der Waals surface area contributed by atoms with Crippen LogP contribution >= 0.6 is 0 Å². The van der Waals surface area contributed by atoms with E-state index in [2.05, 4.69) is 29.2 Å². The van der Waals surface area contributed by atoms with E-state index in [4.69, 9.17) is 0 Å². The molecule has 3 aromatic rings. The summed E-state index contributed by atoms with van der Waals surface area (Å²) in [7, 11) is 0. The monoisotopic (exact) mass is 373 g/mol. The minimum atomic E-state index is -1.05. The molecule has 3 atom stereocenters. The maximum atomic E-state index is 11.7. The molecule has 1 aliphatic rings. The highest BCUT2D eigenvalue weighted by molar-refractivity contribution is 5.28. The standard InChI is InChI=1S/C25H27NO2/c27-24(21-12-6-2-7-13-21)23-19-26(18-20-10-4-1-5-11-20)17-16-25(23,28)22-14-8-3-9-15-22/h1-15,23-24,27-28H,16-19H2/t23-,24-,25+/m1/s1. The number of aliphatic hydroxyl groups is 2. The molecule has 3 heteroatoms. The summed E-state index contributed by atoms with van der Waals surface area (Å²) >= 11 is 0. The molecule has 0 radical (unpaired) electrons. The highest BCUT2D eigenvalue weighted by Crippen LogP contribution is 2.44. The fourth-order valence-corrected chi connectivity index (χ4v) is 4.35. The second kappa shape index (κ2) is 8.27. The van der Waals surface area contributed by atoms with Crippen LogP contribution in [-0.2, 0) is 12.1 Å². The van der Waals surface area contributed by atoms with Crippen LogP contribution in [0.15, 0.2) is 91.0 Å². The van der Waals surface area contributed by atoms with Crippen LogP contribution in [0, 0.1) is 5.92 Å². The van der Waals surface area contributed by atoms with Crippen LogP contribution in [0.1, 0.15) is 29.2 Å². The molecule has 1 saturated heterocycles. The van der Waals surface area contributed by atoms with Crippen molar-refractivity contribution in [3.63, 3.8) is 0 Å². The molecule has 0 saturated carbocycles. The Hall–Kier alpha value is -2.46. The van der Waals surface area contributed by atoms with E-state index >= 15 is 0 Å². The van der Waals surface area contributed by atoms with Crippen LogP contribution in [0.5, 0.6) is 0 Å². The van der Waals surface area contributed by atoms with Crippen molar-refractivity contribution >= 4 is 0 Å². The van der Waals surface area contributed by atoms with E-state index in [-0.39, 0.29) is 5.92 Å². The maximum absolute atomic E-state index is 11.7. The number of hydrogen-bond acceptors (Lipinski definition) is 3. The van der Waals surface area contributed by atoms with Gasteiger partial charge in [-0.25, -0.2) is 0 Å². The second-order valence-electron chi connectivity index (χ2n) is 7.72. The van der Waals surface area contributed by atoms with Crippen LogP contribution in [0.4, 0.5) is 0 Å². The smallest absolute Gasteiger partial charge is 0.0977 e. The Bertz CT molecular complexity index is 869. The van der Waals surface area contributed by atoms with E-state index in [0.29, 0.717) is 13.0 Å². The van der Waals surface area contributed by atoms with Crippen LogP contribution in [0.25, 0.3) is 0 Å². The van der Waals surface area contributed by atoms with Crippen LogP contribution in [0.3, 0.4) is 0 Å². The molecular formula is C25H27NO2. The van der Waals surface area contributed by atoms with Gasteiger partial charge in [-0.2, -0.15) is 0 Å². The van der Waals surface area contributed by atoms with Crippen LogP contribution in [0.2, 0.25) is 0 Å². The third-order valence-corrected chi connectivity index (χ3v) is 5.92. The lowest BCUT2D eigenvalue weighted by Crippen LogP contribution is -2.51. The summed E-state index contributed by atoms with van der Waals surface area (Å²) in [5.41, 5.74) is 1.93. The van der Waals surface area contributed by atoms with Gasteiger partial charge >= 0.3 is 0 Å². The zero-order valence-electron chi connectivity index (χ0n) is 16.0. The maximum Gasteiger partial charge on any atom is 0.0977 e. The normalized spacial score (nSPS) is 24.0. The summed E-state index contributed by atoms with van der Waals surface area (Å²) in [6, 6.07) is 29.9. The summed E-state index contributed by atoms with van der Waals surface area (Å²) in [6.45, 7) is 2.25. The number of piperidine rings is 1. The van der Waals surface area contributed by atoms with Crippen LogP contribution < -0.4 is 0 Å². The molecule has 0 spiro atoms. The Kier molecular flexibility index (Phi) is 5.58. The van der Waals surface area contributed by atoms with E-state index in [9.17, 15) is 10.2 Å². The Balaban J connectivity index is 1.64.